The number of hydrogen-bond donors (Lipinski definition) is 1. The van der Waals surface area contributed by atoms with E-state index in [0.29, 0.717) is 26.8 Å². The molecule has 1 N–H and O–H groups in total. The third kappa shape index (κ3) is 5.00. The van der Waals surface area contributed by atoms with Crippen LogP contribution in [0.4, 0.5) is 0 Å². The average molecular weight is 537 g/mol. The maximum atomic E-state index is 13.4. The molecule has 5 rings (SSSR count). The number of carbonyl (C=O) groups is 2. The van der Waals surface area contributed by atoms with Crippen LogP contribution >= 0.6 is 35.1 Å². The van der Waals surface area contributed by atoms with Crippen LogP contribution in [-0.2, 0) is 9.59 Å². The van der Waals surface area contributed by atoms with E-state index in [-0.39, 0.29) is 34.3 Å². The molecule has 1 aliphatic rings. The van der Waals surface area contributed by atoms with Gasteiger partial charge in [-0.3, -0.25) is 24.4 Å². The fourth-order valence-electron chi connectivity index (χ4n) is 3.85. The van der Waals surface area contributed by atoms with Gasteiger partial charge in [0, 0.05) is 5.02 Å². The number of para-hydroxylation sites is 1. The van der Waals surface area contributed by atoms with Gasteiger partial charge in [0.25, 0.3) is 11.5 Å². The number of amides is 2. The zero-order valence-corrected chi connectivity index (χ0v) is 21.6. The van der Waals surface area contributed by atoms with E-state index < -0.39 is 0 Å². The summed E-state index contributed by atoms with van der Waals surface area (Å²) in [5.41, 5.74) is 5.69. The lowest BCUT2D eigenvalue weighted by Crippen LogP contribution is -2.45. The van der Waals surface area contributed by atoms with Gasteiger partial charge in [-0.25, -0.2) is 9.99 Å². The fourth-order valence-corrected chi connectivity index (χ4v) is 5.89. The van der Waals surface area contributed by atoms with Crippen LogP contribution in [0.5, 0.6) is 0 Å². The third-order valence-corrected chi connectivity index (χ3v) is 8.04. The standard InChI is InChI=1S/C26H21ClN4O3S2/c1-16-6-12-19(13-7-16)30-24(34)20-4-2-3-5-21(20)28-26(30)36-14-22(32)29-31-23(33)15-35-25(31)17-8-10-18(27)11-9-17/h2-13,25H,14-15H2,1H3,(H,29,32). The highest BCUT2D eigenvalue weighted by atomic mass is 35.5. The number of rotatable bonds is 6. The van der Waals surface area contributed by atoms with Crippen LogP contribution in [-0.4, -0.2) is 37.9 Å². The molecule has 1 unspecified atom stereocenters. The number of halogens is 1. The molecule has 7 nitrogen and oxygen atoms in total. The Kier molecular flexibility index (Phi) is 7.04. The molecule has 1 aliphatic heterocycles. The average Bonchev–Trinajstić information content (AvgIpc) is 3.24. The van der Waals surface area contributed by atoms with E-state index in [0.717, 1.165) is 22.9 Å². The molecule has 1 saturated heterocycles. The Labute approximate surface area is 220 Å². The van der Waals surface area contributed by atoms with Crippen molar-refractivity contribution in [3.8, 4) is 5.69 Å². The van der Waals surface area contributed by atoms with Gasteiger partial charge < -0.3 is 0 Å². The van der Waals surface area contributed by atoms with Gasteiger partial charge in [-0.1, -0.05) is 65.3 Å². The third-order valence-electron chi connectivity index (χ3n) is 5.64. The van der Waals surface area contributed by atoms with Crippen LogP contribution in [0.1, 0.15) is 16.5 Å². The molecule has 1 atom stereocenters. The van der Waals surface area contributed by atoms with Gasteiger partial charge >= 0.3 is 0 Å². The molecular formula is C26H21ClN4O3S2. The Balaban J connectivity index is 1.39. The van der Waals surface area contributed by atoms with Crippen molar-refractivity contribution in [1.82, 2.24) is 20.0 Å². The molecule has 0 radical (unpaired) electrons. The highest BCUT2D eigenvalue weighted by molar-refractivity contribution is 8.00. The number of nitrogens with one attached hydrogen (secondary N) is 1. The van der Waals surface area contributed by atoms with Gasteiger partial charge in [-0.15, -0.1) is 11.8 Å². The number of nitrogens with zero attached hydrogens (tertiary/aromatic N) is 3. The predicted molar refractivity (Wildman–Crippen MR) is 144 cm³/mol. The zero-order valence-electron chi connectivity index (χ0n) is 19.2. The lowest BCUT2D eigenvalue weighted by molar-refractivity contribution is -0.138. The number of aromatic nitrogens is 2. The van der Waals surface area contributed by atoms with E-state index >= 15 is 0 Å². The van der Waals surface area contributed by atoms with Crippen molar-refractivity contribution in [1.29, 1.82) is 0 Å². The van der Waals surface area contributed by atoms with Gasteiger partial charge in [0.15, 0.2) is 5.16 Å². The summed E-state index contributed by atoms with van der Waals surface area (Å²) in [5, 5.41) is 2.51. The number of thioether (sulfide) groups is 2. The number of hydrogen-bond acceptors (Lipinski definition) is 6. The van der Waals surface area contributed by atoms with E-state index in [9.17, 15) is 14.4 Å². The van der Waals surface area contributed by atoms with Crippen LogP contribution in [0.25, 0.3) is 16.6 Å². The molecule has 182 valence electrons. The minimum Gasteiger partial charge on any atom is -0.272 e. The van der Waals surface area contributed by atoms with Crippen molar-refractivity contribution >= 4 is 57.8 Å². The molecule has 2 heterocycles. The molecule has 1 aromatic heterocycles. The Morgan fingerprint density at radius 3 is 2.56 bits per heavy atom. The van der Waals surface area contributed by atoms with Crippen molar-refractivity contribution in [3.05, 3.63) is 99.3 Å². The highest BCUT2D eigenvalue weighted by Gasteiger charge is 2.34. The molecule has 0 aliphatic carbocycles. The minimum atomic E-state index is -0.368. The molecule has 10 heteroatoms. The second-order valence-electron chi connectivity index (χ2n) is 8.19. The molecule has 1 fully saturated rings. The first-order valence-corrected chi connectivity index (χ1v) is 13.5. The Hall–Kier alpha value is -3.27. The molecule has 0 spiro atoms. The second-order valence-corrected chi connectivity index (χ2v) is 10.6. The Bertz CT molecular complexity index is 1510. The van der Waals surface area contributed by atoms with Crippen LogP contribution in [0.2, 0.25) is 5.02 Å². The summed E-state index contributed by atoms with van der Waals surface area (Å²) in [5.74, 6) is -0.315. The first-order chi connectivity index (χ1) is 17.4. The fraction of sp³-hybridized carbons (Fsp3) is 0.154. The van der Waals surface area contributed by atoms with Crippen LogP contribution in [0.3, 0.4) is 0 Å². The van der Waals surface area contributed by atoms with Crippen LogP contribution < -0.4 is 11.0 Å². The molecule has 2 amide bonds. The van der Waals surface area contributed by atoms with Gasteiger partial charge in [0.05, 0.1) is 28.1 Å². The van der Waals surface area contributed by atoms with E-state index in [1.165, 1.54) is 21.3 Å². The van der Waals surface area contributed by atoms with Crippen LogP contribution in [0, 0.1) is 6.92 Å². The zero-order chi connectivity index (χ0) is 25.2. The van der Waals surface area contributed by atoms with Gasteiger partial charge in [0.2, 0.25) is 5.91 Å². The van der Waals surface area contributed by atoms with Crippen molar-refractivity contribution in [3.63, 3.8) is 0 Å². The van der Waals surface area contributed by atoms with Gasteiger partial charge in [-0.2, -0.15) is 0 Å². The normalized spacial score (nSPS) is 15.4. The van der Waals surface area contributed by atoms with Crippen LogP contribution in [0.15, 0.2) is 82.7 Å². The Morgan fingerprint density at radius 1 is 1.08 bits per heavy atom. The quantitative estimate of drug-likeness (QED) is 0.283. The van der Waals surface area contributed by atoms with E-state index in [1.807, 2.05) is 49.4 Å². The lowest BCUT2D eigenvalue weighted by atomic mass is 10.2. The lowest BCUT2D eigenvalue weighted by Gasteiger charge is -2.24. The molecule has 4 aromatic rings. The number of hydrazine groups is 1. The summed E-state index contributed by atoms with van der Waals surface area (Å²) < 4.78 is 1.52. The van der Waals surface area contributed by atoms with Crippen molar-refractivity contribution < 1.29 is 9.59 Å². The van der Waals surface area contributed by atoms with Gasteiger partial charge in [-0.05, 0) is 48.9 Å². The summed E-state index contributed by atoms with van der Waals surface area (Å²) in [7, 11) is 0. The number of benzene rings is 3. The minimum absolute atomic E-state index is 0.0293. The molecular weight excluding hydrogens is 516 g/mol. The molecule has 0 saturated carbocycles. The van der Waals surface area contributed by atoms with E-state index in [4.69, 9.17) is 11.6 Å². The monoisotopic (exact) mass is 536 g/mol. The Morgan fingerprint density at radius 2 is 1.81 bits per heavy atom. The van der Waals surface area contributed by atoms with Crippen molar-refractivity contribution in [2.45, 2.75) is 17.5 Å². The van der Waals surface area contributed by atoms with Crippen molar-refractivity contribution in [2.24, 2.45) is 0 Å². The largest absolute Gasteiger partial charge is 0.272 e. The topological polar surface area (TPSA) is 84.3 Å². The predicted octanol–water partition coefficient (Wildman–Crippen LogP) is 4.75. The SMILES string of the molecule is Cc1ccc(-n2c(SCC(=O)NN3C(=O)CSC3c3ccc(Cl)cc3)nc3ccccc3c2=O)cc1. The highest BCUT2D eigenvalue weighted by Crippen LogP contribution is 2.37. The molecule has 0 bridgehead atoms. The van der Waals surface area contributed by atoms with Gasteiger partial charge in [0.1, 0.15) is 5.37 Å². The smallest absolute Gasteiger partial charge is 0.266 e. The van der Waals surface area contributed by atoms with Crippen molar-refractivity contribution in [2.75, 3.05) is 11.5 Å². The summed E-state index contributed by atoms with van der Waals surface area (Å²) in [4.78, 5) is 43.5. The first kappa shape index (κ1) is 24.4. The summed E-state index contributed by atoms with van der Waals surface area (Å²) >= 11 is 8.57. The summed E-state index contributed by atoms with van der Waals surface area (Å²) in [6.07, 6.45) is 0. The molecule has 36 heavy (non-hydrogen) atoms. The number of fused-ring (bicyclic) bond motifs is 1. The van der Waals surface area contributed by atoms with E-state index in [2.05, 4.69) is 10.4 Å². The maximum Gasteiger partial charge on any atom is 0.266 e. The number of carbonyl (C=O) groups excluding carboxylic acids is 2. The molecule has 3 aromatic carbocycles. The van der Waals surface area contributed by atoms with E-state index in [1.54, 1.807) is 30.3 Å². The maximum absolute atomic E-state index is 13.4. The number of aryl methyl sites for hydroxylation is 1. The summed E-state index contributed by atoms with van der Waals surface area (Å²) in [6, 6.07) is 21.9. The second kappa shape index (κ2) is 10.4. The summed E-state index contributed by atoms with van der Waals surface area (Å²) in [6.45, 7) is 1.97. The first-order valence-electron chi connectivity index (χ1n) is 11.1.